The fourth-order valence-electron chi connectivity index (χ4n) is 2.47. The molecule has 21 heavy (non-hydrogen) atoms. The normalized spacial score (nSPS) is 20.5. The average molecular weight is 378 g/mol. The molecule has 2 rings (SSSR count). The minimum Gasteiger partial charge on any atom is -0.490 e. The molecule has 1 aliphatic rings. The van der Waals surface area contributed by atoms with Gasteiger partial charge in [-0.2, -0.15) is 0 Å². The maximum Gasteiger partial charge on any atom is 0.175 e. The van der Waals surface area contributed by atoms with E-state index in [1.54, 1.807) is 0 Å². The van der Waals surface area contributed by atoms with Crippen LogP contribution in [-0.4, -0.2) is 24.9 Å². The predicted molar refractivity (Wildman–Crippen MR) is 88.5 cm³/mol. The monoisotopic (exact) mass is 376 g/mol. The van der Waals surface area contributed by atoms with Gasteiger partial charge in [-0.1, -0.05) is 0 Å². The summed E-state index contributed by atoms with van der Waals surface area (Å²) in [7, 11) is 0. The van der Waals surface area contributed by atoms with E-state index in [2.05, 4.69) is 29.8 Å². The molecule has 0 N–H and O–H groups in total. The zero-order valence-corrected chi connectivity index (χ0v) is 15.1. The topological polar surface area (TPSA) is 27.7 Å². The first-order chi connectivity index (χ1) is 9.95. The highest BCUT2D eigenvalue weighted by molar-refractivity contribution is 9.10. The first kappa shape index (κ1) is 16.9. The minimum atomic E-state index is -0.0452. The molecule has 1 aromatic rings. The summed E-state index contributed by atoms with van der Waals surface area (Å²) in [6, 6.07) is 3.89. The summed E-state index contributed by atoms with van der Waals surface area (Å²) in [6.45, 7) is 7.30. The summed E-state index contributed by atoms with van der Waals surface area (Å²) in [5, 5.41) is 0. The van der Waals surface area contributed by atoms with Crippen molar-refractivity contribution in [3.8, 4) is 11.5 Å². The van der Waals surface area contributed by atoms with Gasteiger partial charge in [0.25, 0.3) is 0 Å². The lowest BCUT2D eigenvalue weighted by molar-refractivity contribution is -0.0330. The van der Waals surface area contributed by atoms with Crippen LogP contribution in [0.2, 0.25) is 0 Å². The molecule has 3 nitrogen and oxygen atoms in total. The molecule has 0 saturated carbocycles. The van der Waals surface area contributed by atoms with Crippen LogP contribution in [-0.2, 0) is 10.6 Å². The van der Waals surface area contributed by atoms with Gasteiger partial charge in [0, 0.05) is 5.88 Å². The molecule has 1 aliphatic heterocycles. The van der Waals surface area contributed by atoms with Gasteiger partial charge < -0.3 is 14.2 Å². The second kappa shape index (κ2) is 7.21. The summed E-state index contributed by atoms with van der Waals surface area (Å²) in [5.41, 5.74) is 0.953. The Labute approximate surface area is 140 Å². The molecule has 1 heterocycles. The van der Waals surface area contributed by atoms with Gasteiger partial charge in [-0.15, -0.1) is 11.6 Å². The molecule has 118 valence electrons. The van der Waals surface area contributed by atoms with Gasteiger partial charge in [-0.3, -0.25) is 0 Å². The van der Waals surface area contributed by atoms with Crippen LogP contribution in [0.15, 0.2) is 16.6 Å². The van der Waals surface area contributed by atoms with Crippen molar-refractivity contribution in [2.75, 3.05) is 13.2 Å². The maximum absolute atomic E-state index is 5.96. The van der Waals surface area contributed by atoms with Crippen LogP contribution in [0.25, 0.3) is 0 Å². The summed E-state index contributed by atoms with van der Waals surface area (Å²) >= 11 is 9.43. The van der Waals surface area contributed by atoms with E-state index in [1.165, 1.54) is 0 Å². The van der Waals surface area contributed by atoms with Gasteiger partial charge in [-0.05, 0) is 67.2 Å². The Balaban J connectivity index is 2.08. The van der Waals surface area contributed by atoms with Crippen LogP contribution in [0.1, 0.15) is 39.2 Å². The van der Waals surface area contributed by atoms with E-state index < -0.39 is 0 Å². The zero-order chi connectivity index (χ0) is 15.5. The van der Waals surface area contributed by atoms with Crippen molar-refractivity contribution in [1.82, 2.24) is 0 Å². The lowest BCUT2D eigenvalue weighted by Gasteiger charge is -2.20. The smallest absolute Gasteiger partial charge is 0.175 e. The van der Waals surface area contributed by atoms with E-state index in [0.29, 0.717) is 19.1 Å². The van der Waals surface area contributed by atoms with E-state index in [0.717, 1.165) is 34.4 Å². The van der Waals surface area contributed by atoms with Crippen LogP contribution in [0, 0.1) is 0 Å². The Bertz CT molecular complexity index is 491. The summed E-state index contributed by atoms with van der Waals surface area (Å²) in [6.07, 6.45) is 2.22. The van der Waals surface area contributed by atoms with Crippen molar-refractivity contribution in [2.45, 2.75) is 51.2 Å². The Morgan fingerprint density at radius 1 is 1.38 bits per heavy atom. The molecular weight excluding hydrogens is 356 g/mol. The molecule has 1 unspecified atom stereocenters. The van der Waals surface area contributed by atoms with Crippen molar-refractivity contribution in [3.05, 3.63) is 22.2 Å². The van der Waals surface area contributed by atoms with E-state index >= 15 is 0 Å². The number of ether oxygens (including phenoxy) is 3. The van der Waals surface area contributed by atoms with Crippen LogP contribution in [0.4, 0.5) is 0 Å². The highest BCUT2D eigenvalue weighted by Crippen LogP contribution is 2.38. The largest absolute Gasteiger partial charge is 0.490 e. The van der Waals surface area contributed by atoms with E-state index in [1.807, 2.05) is 19.1 Å². The molecule has 0 aliphatic carbocycles. The molecule has 5 heteroatoms. The molecule has 1 saturated heterocycles. The standard InChI is InChI=1S/C16H22BrClO3/c1-4-19-14-8-11(9-18)7-13(17)15(14)20-10-12-5-6-16(2,3)21-12/h7-8,12H,4-6,9-10H2,1-3H3. The molecule has 1 atom stereocenters. The average Bonchev–Trinajstić information content (AvgIpc) is 2.77. The van der Waals surface area contributed by atoms with Crippen LogP contribution < -0.4 is 9.47 Å². The third-order valence-corrected chi connectivity index (χ3v) is 4.39. The van der Waals surface area contributed by atoms with Crippen LogP contribution in [0.3, 0.4) is 0 Å². The zero-order valence-electron chi connectivity index (χ0n) is 12.7. The van der Waals surface area contributed by atoms with Gasteiger partial charge in [0.1, 0.15) is 6.61 Å². The summed E-state index contributed by atoms with van der Waals surface area (Å²) in [5.74, 6) is 1.89. The number of alkyl halides is 1. The van der Waals surface area contributed by atoms with E-state index in [-0.39, 0.29) is 11.7 Å². The van der Waals surface area contributed by atoms with Crippen LogP contribution >= 0.6 is 27.5 Å². The first-order valence-electron chi connectivity index (χ1n) is 7.27. The number of hydrogen-bond acceptors (Lipinski definition) is 3. The molecule has 1 fully saturated rings. The van der Waals surface area contributed by atoms with Crippen molar-refractivity contribution < 1.29 is 14.2 Å². The SMILES string of the molecule is CCOc1cc(CCl)cc(Br)c1OCC1CCC(C)(C)O1. The highest BCUT2D eigenvalue weighted by atomic mass is 79.9. The predicted octanol–water partition coefficient (Wildman–Crippen LogP) is 4.92. The van der Waals surface area contributed by atoms with E-state index in [9.17, 15) is 0 Å². The number of benzene rings is 1. The Morgan fingerprint density at radius 2 is 2.14 bits per heavy atom. The number of rotatable bonds is 6. The fourth-order valence-corrected chi connectivity index (χ4v) is 3.23. The van der Waals surface area contributed by atoms with Gasteiger partial charge in [-0.25, -0.2) is 0 Å². The molecule has 0 bridgehead atoms. The van der Waals surface area contributed by atoms with Gasteiger partial charge in [0.15, 0.2) is 11.5 Å². The molecule has 0 amide bonds. The molecule has 1 aromatic carbocycles. The summed E-state index contributed by atoms with van der Waals surface area (Å²) in [4.78, 5) is 0. The van der Waals surface area contributed by atoms with Crippen molar-refractivity contribution in [3.63, 3.8) is 0 Å². The minimum absolute atomic E-state index is 0.0452. The first-order valence-corrected chi connectivity index (χ1v) is 8.59. The van der Waals surface area contributed by atoms with E-state index in [4.69, 9.17) is 25.8 Å². The lowest BCUT2D eigenvalue weighted by Crippen LogP contribution is -2.24. The van der Waals surface area contributed by atoms with Crippen molar-refractivity contribution >= 4 is 27.5 Å². The van der Waals surface area contributed by atoms with Crippen molar-refractivity contribution in [2.24, 2.45) is 0 Å². The molecule has 0 aromatic heterocycles. The van der Waals surface area contributed by atoms with Crippen LogP contribution in [0.5, 0.6) is 11.5 Å². The molecule has 0 radical (unpaired) electrons. The molecule has 0 spiro atoms. The molecular formula is C16H22BrClO3. The Kier molecular flexibility index (Phi) is 5.81. The summed E-state index contributed by atoms with van der Waals surface area (Å²) < 4.78 is 18.4. The fraction of sp³-hybridized carbons (Fsp3) is 0.625. The number of hydrogen-bond donors (Lipinski definition) is 0. The maximum atomic E-state index is 5.96. The third kappa shape index (κ3) is 4.51. The second-order valence-electron chi connectivity index (χ2n) is 5.82. The Morgan fingerprint density at radius 3 is 2.71 bits per heavy atom. The van der Waals surface area contributed by atoms with Crippen molar-refractivity contribution in [1.29, 1.82) is 0 Å². The van der Waals surface area contributed by atoms with Gasteiger partial charge >= 0.3 is 0 Å². The third-order valence-electron chi connectivity index (χ3n) is 3.49. The quantitative estimate of drug-likeness (QED) is 0.658. The number of halogens is 2. The lowest BCUT2D eigenvalue weighted by atomic mass is 10.1. The second-order valence-corrected chi connectivity index (χ2v) is 6.94. The van der Waals surface area contributed by atoms with Gasteiger partial charge in [0.2, 0.25) is 0 Å². The highest BCUT2D eigenvalue weighted by Gasteiger charge is 2.32. The van der Waals surface area contributed by atoms with Gasteiger partial charge in [0.05, 0.1) is 22.8 Å². The Hall–Kier alpha value is -0.450.